The van der Waals surface area contributed by atoms with Crippen molar-refractivity contribution in [1.82, 2.24) is 5.01 Å². The number of thioether (sulfide) groups is 1. The first-order valence-corrected chi connectivity index (χ1v) is 13.0. The lowest BCUT2D eigenvalue weighted by atomic mass is 9.87. The van der Waals surface area contributed by atoms with Crippen LogP contribution in [0.25, 0.3) is 6.08 Å². The lowest BCUT2D eigenvalue weighted by Gasteiger charge is -2.20. The number of ether oxygens (including phenoxy) is 3. The molecule has 0 unspecified atom stereocenters. The Labute approximate surface area is 221 Å². The Balaban J connectivity index is 1.39. The molecule has 2 aromatic rings. The number of benzene rings is 2. The average molecular weight is 521 g/mol. The fourth-order valence-electron chi connectivity index (χ4n) is 3.77. The molecule has 0 fully saturated rings. The van der Waals surface area contributed by atoms with E-state index < -0.39 is 5.91 Å². The molecule has 2 heterocycles. The maximum absolute atomic E-state index is 12.6. The molecular weight excluding hydrogens is 488 g/mol. The number of amides is 1. The van der Waals surface area contributed by atoms with Crippen LogP contribution in [0.4, 0.5) is 0 Å². The summed E-state index contributed by atoms with van der Waals surface area (Å²) in [6.45, 7) is 9.31. The first-order valence-electron chi connectivity index (χ1n) is 12.2. The lowest BCUT2D eigenvalue weighted by molar-refractivity contribution is -0.114. The number of aliphatic imine (C=N–C) groups is 1. The molecule has 2 aromatic carbocycles. The van der Waals surface area contributed by atoms with Crippen molar-refractivity contribution < 1.29 is 19.0 Å². The number of carbonyl (C=O) groups excluding carboxylic acids is 1. The van der Waals surface area contributed by atoms with Gasteiger partial charge in [-0.3, -0.25) is 10.2 Å². The number of rotatable bonds is 9. The summed E-state index contributed by atoms with van der Waals surface area (Å²) in [6, 6.07) is 13.4. The standard InChI is InChI=1S/C28H32N4O4S/c1-6-7-24-31-32-25(29)21(26(33)30-27(32)37-24)16-18-8-13-22(23(17-18)34-5)36-15-14-35-20-11-9-19(10-12-20)28(2,3)4/h8-13,16-17,29H,6-7,14-15H2,1-5H3/b21-16-,29-25?. The highest BCUT2D eigenvalue weighted by Gasteiger charge is 2.35. The third-order valence-electron chi connectivity index (χ3n) is 5.79. The van der Waals surface area contributed by atoms with Crippen LogP contribution in [0.15, 0.2) is 58.1 Å². The van der Waals surface area contributed by atoms with E-state index in [0.29, 0.717) is 35.4 Å². The van der Waals surface area contributed by atoms with Gasteiger partial charge < -0.3 is 14.2 Å². The van der Waals surface area contributed by atoms with Crippen LogP contribution < -0.4 is 14.2 Å². The highest BCUT2D eigenvalue weighted by atomic mass is 32.2. The molecule has 8 nitrogen and oxygen atoms in total. The summed E-state index contributed by atoms with van der Waals surface area (Å²) >= 11 is 1.34. The molecule has 194 valence electrons. The van der Waals surface area contributed by atoms with E-state index in [1.54, 1.807) is 31.4 Å². The van der Waals surface area contributed by atoms with E-state index in [2.05, 4.69) is 49.9 Å². The molecule has 0 aromatic heterocycles. The zero-order chi connectivity index (χ0) is 26.6. The van der Waals surface area contributed by atoms with Crippen molar-refractivity contribution in [2.75, 3.05) is 20.3 Å². The van der Waals surface area contributed by atoms with Crippen molar-refractivity contribution in [3.05, 3.63) is 59.2 Å². The van der Waals surface area contributed by atoms with E-state index in [1.165, 1.54) is 22.3 Å². The van der Waals surface area contributed by atoms with Gasteiger partial charge in [0.2, 0.25) is 5.17 Å². The largest absolute Gasteiger partial charge is 0.493 e. The molecule has 0 saturated heterocycles. The number of hydrogen-bond acceptors (Lipinski definition) is 7. The summed E-state index contributed by atoms with van der Waals surface area (Å²) in [6.07, 6.45) is 3.34. The Morgan fingerprint density at radius 1 is 1.05 bits per heavy atom. The van der Waals surface area contributed by atoms with Crippen LogP contribution in [-0.2, 0) is 10.2 Å². The molecule has 0 radical (unpaired) electrons. The lowest BCUT2D eigenvalue weighted by Crippen LogP contribution is -2.35. The Bertz CT molecular complexity index is 1280. The summed E-state index contributed by atoms with van der Waals surface area (Å²) in [5, 5.41) is 15.7. The zero-order valence-electron chi connectivity index (χ0n) is 21.8. The van der Waals surface area contributed by atoms with E-state index in [0.717, 1.165) is 23.6 Å². The van der Waals surface area contributed by atoms with Crippen molar-refractivity contribution in [2.45, 2.75) is 46.0 Å². The SMILES string of the molecule is CCCC1=NN2C(=N)/C(=C/c3ccc(OCCOc4ccc(C(C)(C)C)cc4)c(OC)c3)C(=O)N=C2S1. The van der Waals surface area contributed by atoms with E-state index in [1.807, 2.05) is 12.1 Å². The van der Waals surface area contributed by atoms with Gasteiger partial charge in [0.15, 0.2) is 17.3 Å². The summed E-state index contributed by atoms with van der Waals surface area (Å²) in [7, 11) is 1.56. The fraction of sp³-hybridized carbons (Fsp3) is 0.357. The van der Waals surface area contributed by atoms with Gasteiger partial charge in [0.1, 0.15) is 24.0 Å². The Hall–Kier alpha value is -3.59. The van der Waals surface area contributed by atoms with Crippen LogP contribution in [0.1, 0.15) is 51.7 Å². The number of carbonyl (C=O) groups is 1. The second kappa shape index (κ2) is 11.2. The Morgan fingerprint density at radius 3 is 2.46 bits per heavy atom. The minimum atomic E-state index is -0.455. The number of fused-ring (bicyclic) bond motifs is 1. The van der Waals surface area contributed by atoms with Gasteiger partial charge in [-0.2, -0.15) is 15.1 Å². The van der Waals surface area contributed by atoms with E-state index >= 15 is 0 Å². The maximum atomic E-state index is 12.6. The first kappa shape index (κ1) is 26.5. The van der Waals surface area contributed by atoms with Gasteiger partial charge in [-0.1, -0.05) is 45.9 Å². The van der Waals surface area contributed by atoms with Gasteiger partial charge in [-0.25, -0.2) is 0 Å². The zero-order valence-corrected chi connectivity index (χ0v) is 22.6. The number of amidine groups is 2. The van der Waals surface area contributed by atoms with Crippen molar-refractivity contribution >= 4 is 39.8 Å². The van der Waals surface area contributed by atoms with Gasteiger partial charge in [-0.05, 0) is 71.5 Å². The third-order valence-corrected chi connectivity index (χ3v) is 6.76. The topological polar surface area (TPSA) is 96.6 Å². The highest BCUT2D eigenvalue weighted by molar-refractivity contribution is 8.26. The summed E-state index contributed by atoms with van der Waals surface area (Å²) in [5.41, 5.74) is 2.21. The second-order valence-electron chi connectivity index (χ2n) is 9.65. The van der Waals surface area contributed by atoms with Gasteiger partial charge in [0.25, 0.3) is 5.91 Å². The molecule has 9 heteroatoms. The molecule has 0 spiro atoms. The number of methoxy groups -OCH3 is 1. The van der Waals surface area contributed by atoms with Gasteiger partial charge in [0.05, 0.1) is 12.7 Å². The summed E-state index contributed by atoms with van der Waals surface area (Å²) < 4.78 is 17.2. The third kappa shape index (κ3) is 6.22. The number of nitrogens with zero attached hydrogens (tertiary/aromatic N) is 3. The minimum absolute atomic E-state index is 0.0144. The highest BCUT2D eigenvalue weighted by Crippen LogP contribution is 2.32. The van der Waals surface area contributed by atoms with E-state index in [4.69, 9.17) is 19.6 Å². The monoisotopic (exact) mass is 520 g/mol. The predicted octanol–water partition coefficient (Wildman–Crippen LogP) is 5.87. The maximum Gasteiger partial charge on any atom is 0.283 e. The van der Waals surface area contributed by atoms with Crippen molar-refractivity contribution in [3.8, 4) is 17.2 Å². The summed E-state index contributed by atoms with van der Waals surface area (Å²) in [5.74, 6) is 1.43. The number of hydrazone groups is 1. The van der Waals surface area contributed by atoms with Gasteiger partial charge in [0, 0.05) is 0 Å². The molecule has 1 N–H and O–H groups in total. The molecule has 0 saturated carbocycles. The predicted molar refractivity (Wildman–Crippen MR) is 149 cm³/mol. The summed E-state index contributed by atoms with van der Waals surface area (Å²) in [4.78, 5) is 16.8. The molecule has 0 bridgehead atoms. The molecule has 4 rings (SSSR count). The van der Waals surface area contributed by atoms with E-state index in [9.17, 15) is 4.79 Å². The van der Waals surface area contributed by atoms with Gasteiger partial charge in [-0.15, -0.1) is 0 Å². The molecule has 0 aliphatic carbocycles. The molecule has 0 atom stereocenters. The minimum Gasteiger partial charge on any atom is -0.493 e. The van der Waals surface area contributed by atoms with Crippen LogP contribution in [0.2, 0.25) is 0 Å². The molecular formula is C28H32N4O4S. The Kier molecular flexibility index (Phi) is 8.02. The quantitative estimate of drug-likeness (QED) is 0.328. The van der Waals surface area contributed by atoms with E-state index in [-0.39, 0.29) is 16.8 Å². The van der Waals surface area contributed by atoms with Crippen LogP contribution >= 0.6 is 11.8 Å². The van der Waals surface area contributed by atoms with Crippen molar-refractivity contribution in [3.63, 3.8) is 0 Å². The normalized spacial score (nSPS) is 16.5. The number of hydrogen-bond donors (Lipinski definition) is 1. The first-order chi connectivity index (χ1) is 17.7. The smallest absolute Gasteiger partial charge is 0.283 e. The van der Waals surface area contributed by atoms with Crippen LogP contribution in [0.5, 0.6) is 17.2 Å². The molecule has 37 heavy (non-hydrogen) atoms. The molecule has 2 aliphatic heterocycles. The number of nitrogens with one attached hydrogen (secondary N) is 1. The van der Waals surface area contributed by atoms with Crippen LogP contribution in [0, 0.1) is 5.41 Å². The van der Waals surface area contributed by atoms with Gasteiger partial charge >= 0.3 is 0 Å². The molecule has 1 amide bonds. The fourth-order valence-corrected chi connectivity index (χ4v) is 4.76. The molecule has 2 aliphatic rings. The average Bonchev–Trinajstić information content (AvgIpc) is 3.27. The van der Waals surface area contributed by atoms with Crippen molar-refractivity contribution in [1.29, 1.82) is 5.41 Å². The second-order valence-corrected chi connectivity index (χ2v) is 10.7. The van der Waals surface area contributed by atoms with Crippen LogP contribution in [-0.4, -0.2) is 47.3 Å². The van der Waals surface area contributed by atoms with Crippen molar-refractivity contribution in [2.24, 2.45) is 10.1 Å². The Morgan fingerprint density at radius 2 is 1.78 bits per heavy atom. The van der Waals surface area contributed by atoms with Crippen LogP contribution in [0.3, 0.4) is 0 Å².